The minimum Gasteiger partial charge on any atom is -0.456 e. The van der Waals surface area contributed by atoms with Crippen molar-refractivity contribution in [3.8, 4) is 22.6 Å². The van der Waals surface area contributed by atoms with E-state index in [0.29, 0.717) is 16.9 Å². The van der Waals surface area contributed by atoms with Crippen LogP contribution in [0, 0.1) is 10.1 Å². The smallest absolute Gasteiger partial charge is 0.416 e. The van der Waals surface area contributed by atoms with E-state index >= 15 is 0 Å². The fourth-order valence-electron chi connectivity index (χ4n) is 2.24. The largest absolute Gasteiger partial charge is 0.456 e. The number of nitrogens with zero attached hydrogens (tertiary/aromatic N) is 1. The van der Waals surface area contributed by atoms with Crippen LogP contribution in [0.25, 0.3) is 22.6 Å². The highest BCUT2D eigenvalue weighted by Gasteiger charge is 2.30. The second-order valence-corrected chi connectivity index (χ2v) is 5.05. The van der Waals surface area contributed by atoms with Crippen molar-refractivity contribution in [2.45, 2.75) is 6.18 Å². The third kappa shape index (κ3) is 3.15. The van der Waals surface area contributed by atoms with E-state index in [4.69, 9.17) is 4.42 Å². The topological polar surface area (TPSA) is 56.3 Å². The molecular formula is C17H10F3NO3. The highest BCUT2D eigenvalue weighted by atomic mass is 19.4. The third-order valence-electron chi connectivity index (χ3n) is 3.44. The van der Waals surface area contributed by atoms with E-state index < -0.39 is 16.7 Å². The second-order valence-electron chi connectivity index (χ2n) is 5.05. The number of nitro benzene ring substituents is 1. The van der Waals surface area contributed by atoms with E-state index in [-0.39, 0.29) is 11.4 Å². The highest BCUT2D eigenvalue weighted by molar-refractivity contribution is 5.66. The number of furan rings is 1. The van der Waals surface area contributed by atoms with Crippen LogP contribution in [0.4, 0.5) is 18.9 Å². The first kappa shape index (κ1) is 15.8. The Hall–Kier alpha value is -3.09. The first-order valence-electron chi connectivity index (χ1n) is 6.87. The van der Waals surface area contributed by atoms with Gasteiger partial charge in [-0.2, -0.15) is 13.2 Å². The number of benzene rings is 2. The summed E-state index contributed by atoms with van der Waals surface area (Å²) < 4.78 is 43.9. The fraction of sp³-hybridized carbons (Fsp3) is 0.0588. The Morgan fingerprint density at radius 2 is 1.50 bits per heavy atom. The molecule has 1 aromatic heterocycles. The van der Waals surface area contributed by atoms with Gasteiger partial charge in [0.25, 0.3) is 5.69 Å². The van der Waals surface area contributed by atoms with Crippen LogP contribution in [0.1, 0.15) is 5.56 Å². The molecule has 0 aliphatic carbocycles. The van der Waals surface area contributed by atoms with Gasteiger partial charge in [0.1, 0.15) is 11.5 Å². The van der Waals surface area contributed by atoms with Crippen molar-refractivity contribution in [2.75, 3.05) is 0 Å². The lowest BCUT2D eigenvalue weighted by atomic mass is 10.1. The maximum Gasteiger partial charge on any atom is 0.416 e. The zero-order valence-electron chi connectivity index (χ0n) is 12.1. The van der Waals surface area contributed by atoms with E-state index in [1.54, 1.807) is 12.1 Å². The van der Waals surface area contributed by atoms with E-state index in [0.717, 1.165) is 12.1 Å². The van der Waals surface area contributed by atoms with Crippen molar-refractivity contribution in [3.63, 3.8) is 0 Å². The van der Waals surface area contributed by atoms with Crippen LogP contribution in [-0.2, 0) is 6.18 Å². The molecule has 0 aliphatic heterocycles. The molecule has 7 heteroatoms. The normalized spacial score (nSPS) is 11.5. The minimum absolute atomic E-state index is 0.0524. The van der Waals surface area contributed by atoms with Crippen LogP contribution in [0.2, 0.25) is 0 Å². The lowest BCUT2D eigenvalue weighted by Crippen LogP contribution is -2.04. The van der Waals surface area contributed by atoms with Crippen LogP contribution < -0.4 is 0 Å². The molecule has 3 rings (SSSR count). The number of non-ortho nitro benzene ring substituents is 1. The average molecular weight is 333 g/mol. The van der Waals surface area contributed by atoms with E-state index in [2.05, 4.69) is 0 Å². The first-order chi connectivity index (χ1) is 11.3. The van der Waals surface area contributed by atoms with Crippen molar-refractivity contribution in [1.82, 2.24) is 0 Å². The van der Waals surface area contributed by atoms with Gasteiger partial charge in [-0.25, -0.2) is 0 Å². The molecule has 0 saturated heterocycles. The summed E-state index contributed by atoms with van der Waals surface area (Å²) in [5, 5.41) is 10.6. The Bertz CT molecular complexity index is 883. The lowest BCUT2D eigenvalue weighted by molar-refractivity contribution is -0.384. The van der Waals surface area contributed by atoms with Crippen molar-refractivity contribution in [2.24, 2.45) is 0 Å². The average Bonchev–Trinajstić information content (AvgIpc) is 3.04. The maximum absolute atomic E-state index is 12.8. The second kappa shape index (κ2) is 5.84. The van der Waals surface area contributed by atoms with E-state index in [1.807, 2.05) is 0 Å². The zero-order chi connectivity index (χ0) is 17.3. The van der Waals surface area contributed by atoms with E-state index in [1.165, 1.54) is 36.4 Å². The zero-order valence-corrected chi connectivity index (χ0v) is 12.1. The summed E-state index contributed by atoms with van der Waals surface area (Å²) in [6.45, 7) is 0. The van der Waals surface area contributed by atoms with Gasteiger partial charge in [-0.15, -0.1) is 0 Å². The number of hydrogen-bond acceptors (Lipinski definition) is 3. The van der Waals surface area contributed by atoms with Gasteiger partial charge < -0.3 is 4.42 Å². The van der Waals surface area contributed by atoms with Gasteiger partial charge in [-0.3, -0.25) is 10.1 Å². The van der Waals surface area contributed by atoms with E-state index in [9.17, 15) is 23.3 Å². The molecule has 0 unspecified atom stereocenters. The highest BCUT2D eigenvalue weighted by Crippen LogP contribution is 2.34. The Labute approximate surface area is 134 Å². The van der Waals surface area contributed by atoms with Crippen molar-refractivity contribution in [1.29, 1.82) is 0 Å². The summed E-state index contributed by atoms with van der Waals surface area (Å²) >= 11 is 0. The first-order valence-corrected chi connectivity index (χ1v) is 6.87. The molecule has 0 bridgehead atoms. The molecule has 4 nitrogen and oxygen atoms in total. The number of alkyl halides is 3. The number of hydrogen-bond donors (Lipinski definition) is 0. The van der Waals surface area contributed by atoms with Gasteiger partial charge in [0.2, 0.25) is 0 Å². The van der Waals surface area contributed by atoms with Crippen LogP contribution >= 0.6 is 0 Å². The molecule has 24 heavy (non-hydrogen) atoms. The standard InChI is InChI=1S/C17H10F3NO3/c18-17(19,20)13-3-1-2-12(10-13)16-9-8-15(24-16)11-4-6-14(7-5-11)21(22)23/h1-10H. The molecule has 0 radical (unpaired) electrons. The quantitative estimate of drug-likeness (QED) is 0.467. The summed E-state index contributed by atoms with van der Waals surface area (Å²) in [4.78, 5) is 10.1. The summed E-state index contributed by atoms with van der Waals surface area (Å²) in [6, 6.07) is 13.7. The number of rotatable bonds is 3. The molecule has 122 valence electrons. The van der Waals surface area contributed by atoms with Crippen LogP contribution in [-0.4, -0.2) is 4.92 Å². The molecule has 0 spiro atoms. The fourth-order valence-corrected chi connectivity index (χ4v) is 2.24. The van der Waals surface area contributed by atoms with Gasteiger partial charge in [0.05, 0.1) is 10.5 Å². The SMILES string of the molecule is O=[N+]([O-])c1ccc(-c2ccc(-c3cccc(C(F)(F)F)c3)o2)cc1. The van der Waals surface area contributed by atoms with Gasteiger partial charge in [0.15, 0.2) is 0 Å². The Kier molecular flexibility index (Phi) is 3.84. The Morgan fingerprint density at radius 1 is 0.875 bits per heavy atom. The number of halogens is 3. The predicted octanol–water partition coefficient (Wildman–Crippen LogP) is 5.54. The summed E-state index contributed by atoms with van der Waals surface area (Å²) in [6.07, 6.45) is -4.43. The molecule has 0 N–H and O–H groups in total. The molecule has 1 heterocycles. The summed E-state index contributed by atoms with van der Waals surface area (Å²) in [5.41, 5.74) is 0.0912. The van der Waals surface area contributed by atoms with Crippen molar-refractivity contribution >= 4 is 5.69 Å². The van der Waals surface area contributed by atoms with Crippen LogP contribution in [0.3, 0.4) is 0 Å². The van der Waals surface area contributed by atoms with Crippen LogP contribution in [0.5, 0.6) is 0 Å². The molecule has 0 atom stereocenters. The molecule has 0 fully saturated rings. The summed E-state index contributed by atoms with van der Waals surface area (Å²) in [7, 11) is 0. The Balaban J connectivity index is 1.92. The van der Waals surface area contributed by atoms with Crippen LogP contribution in [0.15, 0.2) is 65.1 Å². The van der Waals surface area contributed by atoms with Gasteiger partial charge >= 0.3 is 6.18 Å². The minimum atomic E-state index is -4.43. The van der Waals surface area contributed by atoms with Gasteiger partial charge in [-0.05, 0) is 36.4 Å². The maximum atomic E-state index is 12.8. The molecule has 0 saturated carbocycles. The van der Waals surface area contributed by atoms with Crippen molar-refractivity contribution < 1.29 is 22.5 Å². The lowest BCUT2D eigenvalue weighted by Gasteiger charge is -2.07. The monoisotopic (exact) mass is 333 g/mol. The Morgan fingerprint density at radius 3 is 2.08 bits per heavy atom. The molecule has 3 aromatic rings. The third-order valence-corrected chi connectivity index (χ3v) is 3.44. The van der Waals surface area contributed by atoms with Crippen molar-refractivity contribution in [3.05, 3.63) is 76.3 Å². The molecule has 2 aromatic carbocycles. The summed E-state index contributed by atoms with van der Waals surface area (Å²) in [5.74, 6) is 0.701. The molecule has 0 aliphatic rings. The number of nitro groups is 1. The predicted molar refractivity (Wildman–Crippen MR) is 81.2 cm³/mol. The van der Waals surface area contributed by atoms with Gasteiger partial charge in [0, 0.05) is 23.3 Å². The molecule has 0 amide bonds. The van der Waals surface area contributed by atoms with Gasteiger partial charge in [-0.1, -0.05) is 12.1 Å². The molecular weight excluding hydrogens is 323 g/mol.